The van der Waals surface area contributed by atoms with Crippen LogP contribution < -0.4 is 5.69 Å². The van der Waals surface area contributed by atoms with Crippen molar-refractivity contribution in [2.24, 2.45) is 7.05 Å². The molecule has 5 nitrogen and oxygen atoms in total. The highest BCUT2D eigenvalue weighted by Gasteiger charge is 2.05. The topological polar surface area (TPSA) is 60.1 Å². The second-order valence-electron chi connectivity index (χ2n) is 4.31. The van der Waals surface area contributed by atoms with Gasteiger partial charge in [-0.1, -0.05) is 11.8 Å². The first kappa shape index (κ1) is 14.0. The monoisotopic (exact) mass is 275 g/mol. The molecule has 6 heteroatoms. The van der Waals surface area contributed by atoms with Crippen LogP contribution in [0.15, 0.2) is 29.3 Å². The van der Waals surface area contributed by atoms with E-state index in [2.05, 4.69) is 16.9 Å². The Morgan fingerprint density at radius 2 is 2.20 bits per heavy atom. The third-order valence-corrected chi connectivity index (χ3v) is 2.65. The van der Waals surface area contributed by atoms with Crippen molar-refractivity contribution in [3.05, 3.63) is 52.0 Å². The maximum Gasteiger partial charge on any atom is 0.345 e. The molecular formula is C14H14FN3O2. The van der Waals surface area contributed by atoms with E-state index in [4.69, 9.17) is 5.11 Å². The van der Waals surface area contributed by atoms with Crippen molar-refractivity contribution in [3.63, 3.8) is 0 Å². The summed E-state index contributed by atoms with van der Waals surface area (Å²) < 4.78 is 16.1. The summed E-state index contributed by atoms with van der Waals surface area (Å²) in [5.74, 6) is 5.08. The second kappa shape index (κ2) is 6.17. The lowest BCUT2D eigenvalue weighted by atomic mass is 10.1. The standard InChI is InChI=1S/C14H14FN3O2/c1-17-10-16-18(14(17)20)9-12-6-11(4-2-3-5-19)7-13(15)8-12/h6-8,10,19H,3,5,9H2,1H3. The van der Waals surface area contributed by atoms with Crippen LogP contribution in [-0.2, 0) is 13.6 Å². The van der Waals surface area contributed by atoms with Gasteiger partial charge < -0.3 is 5.11 Å². The van der Waals surface area contributed by atoms with Crippen LogP contribution in [0.3, 0.4) is 0 Å². The molecule has 1 aromatic heterocycles. The number of hydrogen-bond donors (Lipinski definition) is 1. The van der Waals surface area contributed by atoms with Gasteiger partial charge in [0.15, 0.2) is 0 Å². The second-order valence-corrected chi connectivity index (χ2v) is 4.31. The van der Waals surface area contributed by atoms with Gasteiger partial charge in [-0.2, -0.15) is 5.10 Å². The van der Waals surface area contributed by atoms with Crippen LogP contribution in [0.4, 0.5) is 4.39 Å². The summed E-state index contributed by atoms with van der Waals surface area (Å²) in [5, 5.41) is 12.6. The molecule has 0 saturated carbocycles. The zero-order valence-corrected chi connectivity index (χ0v) is 11.0. The summed E-state index contributed by atoms with van der Waals surface area (Å²) >= 11 is 0. The number of aliphatic hydroxyl groups is 1. The van der Waals surface area contributed by atoms with Gasteiger partial charge in [0.25, 0.3) is 0 Å². The Balaban J connectivity index is 2.27. The van der Waals surface area contributed by atoms with Crippen LogP contribution in [0, 0.1) is 17.7 Å². The van der Waals surface area contributed by atoms with Crippen LogP contribution in [0.2, 0.25) is 0 Å². The fraction of sp³-hybridized carbons (Fsp3) is 0.286. The van der Waals surface area contributed by atoms with E-state index in [1.807, 2.05) is 0 Å². The average molecular weight is 275 g/mol. The maximum absolute atomic E-state index is 13.5. The number of aryl methyl sites for hydroxylation is 1. The van der Waals surface area contributed by atoms with E-state index < -0.39 is 5.82 Å². The highest BCUT2D eigenvalue weighted by Crippen LogP contribution is 2.09. The van der Waals surface area contributed by atoms with Gasteiger partial charge in [0.2, 0.25) is 0 Å². The summed E-state index contributed by atoms with van der Waals surface area (Å²) in [4.78, 5) is 11.7. The van der Waals surface area contributed by atoms with Crippen molar-refractivity contribution in [2.75, 3.05) is 6.61 Å². The minimum atomic E-state index is -0.417. The van der Waals surface area contributed by atoms with Crippen LogP contribution in [0.25, 0.3) is 0 Å². The first-order chi connectivity index (χ1) is 9.60. The quantitative estimate of drug-likeness (QED) is 0.830. The van der Waals surface area contributed by atoms with Crippen molar-refractivity contribution < 1.29 is 9.50 Å². The molecule has 0 bridgehead atoms. The van der Waals surface area contributed by atoms with Crippen LogP contribution in [0.5, 0.6) is 0 Å². The highest BCUT2D eigenvalue weighted by molar-refractivity contribution is 5.37. The molecule has 104 valence electrons. The smallest absolute Gasteiger partial charge is 0.345 e. The lowest BCUT2D eigenvalue weighted by molar-refractivity contribution is 0.305. The number of rotatable bonds is 3. The predicted octanol–water partition coefficient (Wildman–Crippen LogP) is 0.503. The molecule has 0 amide bonds. The van der Waals surface area contributed by atoms with E-state index in [0.29, 0.717) is 17.5 Å². The Morgan fingerprint density at radius 1 is 1.40 bits per heavy atom. The van der Waals surface area contributed by atoms with Gasteiger partial charge in [-0.15, -0.1) is 0 Å². The molecule has 20 heavy (non-hydrogen) atoms. The molecule has 0 fully saturated rings. The highest BCUT2D eigenvalue weighted by atomic mass is 19.1. The van der Waals surface area contributed by atoms with Gasteiger partial charge in [-0.05, 0) is 23.8 Å². The van der Waals surface area contributed by atoms with Gasteiger partial charge in [0, 0.05) is 19.0 Å². The molecule has 1 N–H and O–H groups in total. The van der Waals surface area contributed by atoms with E-state index in [9.17, 15) is 9.18 Å². The number of aromatic nitrogens is 3. The molecule has 0 radical (unpaired) electrons. The fourth-order valence-corrected chi connectivity index (χ4v) is 1.74. The summed E-state index contributed by atoms with van der Waals surface area (Å²) in [6.07, 6.45) is 1.75. The normalized spacial score (nSPS) is 10.2. The zero-order chi connectivity index (χ0) is 14.5. The minimum absolute atomic E-state index is 0.0293. The Bertz CT molecular complexity index is 722. The molecule has 2 aromatic rings. The number of halogens is 1. The largest absolute Gasteiger partial charge is 0.395 e. The minimum Gasteiger partial charge on any atom is -0.395 e. The van der Waals surface area contributed by atoms with Crippen LogP contribution in [-0.4, -0.2) is 26.1 Å². The van der Waals surface area contributed by atoms with E-state index in [0.717, 1.165) is 0 Å². The molecule has 0 spiro atoms. The van der Waals surface area contributed by atoms with E-state index in [1.54, 1.807) is 13.1 Å². The van der Waals surface area contributed by atoms with Gasteiger partial charge in [-0.25, -0.2) is 13.9 Å². The summed E-state index contributed by atoms with van der Waals surface area (Å²) in [7, 11) is 1.60. The van der Waals surface area contributed by atoms with Gasteiger partial charge in [0.05, 0.1) is 13.2 Å². The van der Waals surface area contributed by atoms with E-state index in [1.165, 1.54) is 27.7 Å². The molecule has 0 atom stereocenters. The number of aliphatic hydroxyl groups excluding tert-OH is 1. The number of benzene rings is 1. The predicted molar refractivity (Wildman–Crippen MR) is 71.6 cm³/mol. The maximum atomic E-state index is 13.5. The fourth-order valence-electron chi connectivity index (χ4n) is 1.74. The van der Waals surface area contributed by atoms with Crippen molar-refractivity contribution in [2.45, 2.75) is 13.0 Å². The van der Waals surface area contributed by atoms with Gasteiger partial charge in [0.1, 0.15) is 12.1 Å². The number of hydrogen-bond acceptors (Lipinski definition) is 3. The Labute approximate surface area is 115 Å². The molecule has 0 aliphatic carbocycles. The molecule has 0 saturated heterocycles. The Kier molecular flexibility index (Phi) is 4.33. The molecular weight excluding hydrogens is 261 g/mol. The van der Waals surface area contributed by atoms with Crippen molar-refractivity contribution in [3.8, 4) is 11.8 Å². The summed E-state index contributed by atoms with van der Waals surface area (Å²) in [6.45, 7) is 0.157. The van der Waals surface area contributed by atoms with E-state index >= 15 is 0 Å². The summed E-state index contributed by atoms with van der Waals surface area (Å²) in [6, 6.07) is 4.36. The Hall–Kier alpha value is -2.39. The lowest BCUT2D eigenvalue weighted by Crippen LogP contribution is -2.23. The molecule has 2 rings (SSSR count). The van der Waals surface area contributed by atoms with Crippen molar-refractivity contribution in [1.29, 1.82) is 0 Å². The molecule has 0 aliphatic rings. The molecule has 1 aromatic carbocycles. The molecule has 0 unspecified atom stereocenters. The molecule has 1 heterocycles. The van der Waals surface area contributed by atoms with Crippen LogP contribution >= 0.6 is 0 Å². The Morgan fingerprint density at radius 3 is 2.85 bits per heavy atom. The zero-order valence-electron chi connectivity index (χ0n) is 11.0. The van der Waals surface area contributed by atoms with Crippen molar-refractivity contribution >= 4 is 0 Å². The van der Waals surface area contributed by atoms with Crippen molar-refractivity contribution in [1.82, 2.24) is 14.3 Å². The first-order valence-electron chi connectivity index (χ1n) is 6.08. The third-order valence-electron chi connectivity index (χ3n) is 2.65. The van der Waals surface area contributed by atoms with Gasteiger partial charge in [-0.3, -0.25) is 4.57 Å². The first-order valence-corrected chi connectivity index (χ1v) is 6.08. The average Bonchev–Trinajstić information content (AvgIpc) is 2.71. The third kappa shape index (κ3) is 3.33. The van der Waals surface area contributed by atoms with Crippen LogP contribution in [0.1, 0.15) is 17.5 Å². The van der Waals surface area contributed by atoms with E-state index in [-0.39, 0.29) is 18.8 Å². The lowest BCUT2D eigenvalue weighted by Gasteiger charge is -2.02. The number of nitrogens with zero attached hydrogens (tertiary/aromatic N) is 3. The van der Waals surface area contributed by atoms with Gasteiger partial charge >= 0.3 is 5.69 Å². The SMILES string of the molecule is Cn1cnn(Cc2cc(F)cc(C#CCCO)c2)c1=O. The summed E-state index contributed by atoms with van der Waals surface area (Å²) in [5.41, 5.74) is 0.860. The molecule has 0 aliphatic heterocycles.